The number of nitrogens with one attached hydrogen (secondary N) is 1. The lowest BCUT2D eigenvalue weighted by atomic mass is 10.1. The van der Waals surface area contributed by atoms with Gasteiger partial charge in [0.15, 0.2) is 0 Å². The minimum absolute atomic E-state index is 0.609. The van der Waals surface area contributed by atoms with Gasteiger partial charge >= 0.3 is 0 Å². The SMILES string of the molecule is Cc1ccc(Br)c(Nc2ccc(Br)cc2C#N)c1. The Morgan fingerprint density at radius 3 is 2.56 bits per heavy atom. The van der Waals surface area contributed by atoms with Gasteiger partial charge in [-0.05, 0) is 58.7 Å². The molecule has 2 rings (SSSR count). The van der Waals surface area contributed by atoms with E-state index in [1.165, 1.54) is 0 Å². The van der Waals surface area contributed by atoms with Gasteiger partial charge in [0.25, 0.3) is 0 Å². The summed E-state index contributed by atoms with van der Waals surface area (Å²) in [6, 6.07) is 13.8. The van der Waals surface area contributed by atoms with Crippen LogP contribution in [-0.4, -0.2) is 0 Å². The van der Waals surface area contributed by atoms with Crippen molar-refractivity contribution in [2.24, 2.45) is 0 Å². The maximum atomic E-state index is 9.12. The van der Waals surface area contributed by atoms with Crippen LogP contribution >= 0.6 is 31.9 Å². The largest absolute Gasteiger partial charge is 0.354 e. The van der Waals surface area contributed by atoms with Crippen LogP contribution in [0.3, 0.4) is 0 Å². The number of aryl methyl sites for hydroxylation is 1. The molecule has 2 aromatic rings. The van der Waals surface area contributed by atoms with Gasteiger partial charge in [0, 0.05) is 8.95 Å². The van der Waals surface area contributed by atoms with E-state index in [1.54, 1.807) is 6.07 Å². The van der Waals surface area contributed by atoms with Gasteiger partial charge in [0.2, 0.25) is 0 Å². The van der Waals surface area contributed by atoms with Crippen LogP contribution in [0.1, 0.15) is 11.1 Å². The molecule has 0 spiro atoms. The lowest BCUT2D eigenvalue weighted by molar-refractivity contribution is 1.41. The lowest BCUT2D eigenvalue weighted by Gasteiger charge is -2.11. The topological polar surface area (TPSA) is 35.8 Å². The smallest absolute Gasteiger partial charge is 0.101 e. The highest BCUT2D eigenvalue weighted by molar-refractivity contribution is 9.10. The number of benzene rings is 2. The molecule has 0 bridgehead atoms. The van der Waals surface area contributed by atoms with Gasteiger partial charge in [0.05, 0.1) is 16.9 Å². The molecule has 0 radical (unpaired) electrons. The summed E-state index contributed by atoms with van der Waals surface area (Å²) in [5, 5.41) is 12.4. The van der Waals surface area contributed by atoms with Crippen molar-refractivity contribution < 1.29 is 0 Å². The predicted octanol–water partition coefficient (Wildman–Crippen LogP) is 5.14. The van der Waals surface area contributed by atoms with E-state index < -0.39 is 0 Å². The van der Waals surface area contributed by atoms with Crippen LogP contribution in [-0.2, 0) is 0 Å². The Morgan fingerprint density at radius 2 is 1.83 bits per heavy atom. The second-order valence-corrected chi connectivity index (χ2v) is 5.68. The van der Waals surface area contributed by atoms with Gasteiger partial charge in [-0.15, -0.1) is 0 Å². The first-order valence-electron chi connectivity index (χ1n) is 5.33. The predicted molar refractivity (Wildman–Crippen MR) is 81.0 cm³/mol. The fourth-order valence-corrected chi connectivity index (χ4v) is 2.30. The van der Waals surface area contributed by atoms with Crippen LogP contribution in [0.2, 0.25) is 0 Å². The Kier molecular flexibility index (Phi) is 4.05. The number of anilines is 2. The van der Waals surface area contributed by atoms with Gasteiger partial charge in [-0.2, -0.15) is 5.26 Å². The second kappa shape index (κ2) is 5.55. The second-order valence-electron chi connectivity index (χ2n) is 3.91. The molecule has 0 saturated carbocycles. The number of hydrogen-bond donors (Lipinski definition) is 1. The van der Waals surface area contributed by atoms with Crippen LogP contribution in [0.4, 0.5) is 11.4 Å². The quantitative estimate of drug-likeness (QED) is 0.800. The molecule has 2 nitrogen and oxygen atoms in total. The molecule has 0 unspecified atom stereocenters. The van der Waals surface area contributed by atoms with Crippen molar-refractivity contribution in [3.05, 3.63) is 56.5 Å². The summed E-state index contributed by atoms with van der Waals surface area (Å²) in [5.41, 5.74) is 3.52. The monoisotopic (exact) mass is 364 g/mol. The average Bonchev–Trinajstić information content (AvgIpc) is 2.36. The molecular formula is C14H10Br2N2. The van der Waals surface area contributed by atoms with Crippen molar-refractivity contribution in [2.75, 3.05) is 5.32 Å². The lowest BCUT2D eigenvalue weighted by Crippen LogP contribution is -1.95. The number of hydrogen-bond acceptors (Lipinski definition) is 2. The third kappa shape index (κ3) is 2.92. The van der Waals surface area contributed by atoms with Crippen LogP contribution in [0.15, 0.2) is 45.3 Å². The highest BCUT2D eigenvalue weighted by Gasteiger charge is 2.05. The first kappa shape index (κ1) is 13.1. The molecule has 2 aromatic carbocycles. The maximum absolute atomic E-state index is 9.12. The zero-order chi connectivity index (χ0) is 13.1. The van der Waals surface area contributed by atoms with E-state index in [0.717, 1.165) is 25.9 Å². The Balaban J connectivity index is 2.40. The Morgan fingerprint density at radius 1 is 1.06 bits per heavy atom. The fourth-order valence-electron chi connectivity index (χ4n) is 1.60. The maximum Gasteiger partial charge on any atom is 0.101 e. The summed E-state index contributed by atoms with van der Waals surface area (Å²) < 4.78 is 1.87. The molecule has 0 aromatic heterocycles. The summed E-state index contributed by atoms with van der Waals surface area (Å²) >= 11 is 6.85. The highest BCUT2D eigenvalue weighted by atomic mass is 79.9. The highest BCUT2D eigenvalue weighted by Crippen LogP contribution is 2.29. The van der Waals surface area contributed by atoms with Gasteiger partial charge in [-0.1, -0.05) is 22.0 Å². The molecule has 0 aliphatic heterocycles. The van der Waals surface area contributed by atoms with Crippen molar-refractivity contribution >= 4 is 43.2 Å². The summed E-state index contributed by atoms with van der Waals surface area (Å²) in [7, 11) is 0. The average molecular weight is 366 g/mol. The first-order valence-corrected chi connectivity index (χ1v) is 6.91. The number of rotatable bonds is 2. The van der Waals surface area contributed by atoms with Crippen molar-refractivity contribution in [2.45, 2.75) is 6.92 Å². The molecule has 0 aliphatic rings. The van der Waals surface area contributed by atoms with Gasteiger partial charge in [0.1, 0.15) is 6.07 Å². The van der Waals surface area contributed by atoms with Crippen LogP contribution in [0, 0.1) is 18.3 Å². The van der Waals surface area contributed by atoms with Gasteiger partial charge in [-0.25, -0.2) is 0 Å². The van der Waals surface area contributed by atoms with Crippen LogP contribution in [0.25, 0.3) is 0 Å². The standard InChI is InChI=1S/C14H10Br2N2/c1-9-2-4-12(16)14(6-9)18-13-5-3-11(15)7-10(13)8-17/h2-7,18H,1H3. The molecule has 4 heteroatoms. The van der Waals surface area contributed by atoms with Crippen LogP contribution in [0.5, 0.6) is 0 Å². The minimum Gasteiger partial charge on any atom is -0.354 e. The molecule has 0 saturated heterocycles. The summed E-state index contributed by atoms with van der Waals surface area (Å²) in [4.78, 5) is 0. The van der Waals surface area contributed by atoms with E-state index in [-0.39, 0.29) is 0 Å². The zero-order valence-electron chi connectivity index (χ0n) is 9.67. The molecule has 0 fully saturated rings. The zero-order valence-corrected chi connectivity index (χ0v) is 12.8. The van der Waals surface area contributed by atoms with Crippen molar-refractivity contribution in [3.8, 4) is 6.07 Å². The molecule has 0 heterocycles. The van der Waals surface area contributed by atoms with E-state index >= 15 is 0 Å². The molecule has 0 atom stereocenters. The fraction of sp³-hybridized carbons (Fsp3) is 0.0714. The van der Waals surface area contributed by atoms with Crippen LogP contribution < -0.4 is 5.32 Å². The normalized spacial score (nSPS) is 9.89. The molecule has 90 valence electrons. The summed E-state index contributed by atoms with van der Waals surface area (Å²) in [5.74, 6) is 0. The van der Waals surface area contributed by atoms with Crippen molar-refractivity contribution in [3.63, 3.8) is 0 Å². The van der Waals surface area contributed by atoms with E-state index in [0.29, 0.717) is 5.56 Å². The first-order chi connectivity index (χ1) is 8.60. The Bertz CT molecular complexity index is 630. The Labute approximate surface area is 123 Å². The van der Waals surface area contributed by atoms with E-state index in [9.17, 15) is 0 Å². The molecule has 0 aliphatic carbocycles. The summed E-state index contributed by atoms with van der Waals surface area (Å²) in [6.07, 6.45) is 0. The molecule has 0 amide bonds. The van der Waals surface area contributed by atoms with E-state index in [2.05, 4.69) is 43.2 Å². The third-order valence-corrected chi connectivity index (χ3v) is 3.68. The number of nitriles is 1. The van der Waals surface area contributed by atoms with Gasteiger partial charge in [-0.3, -0.25) is 0 Å². The molecular weight excluding hydrogens is 356 g/mol. The van der Waals surface area contributed by atoms with Gasteiger partial charge < -0.3 is 5.32 Å². The molecule has 18 heavy (non-hydrogen) atoms. The molecule has 1 N–H and O–H groups in total. The van der Waals surface area contributed by atoms with E-state index in [4.69, 9.17) is 5.26 Å². The van der Waals surface area contributed by atoms with Crippen molar-refractivity contribution in [1.29, 1.82) is 5.26 Å². The third-order valence-electron chi connectivity index (χ3n) is 2.49. The Hall–Kier alpha value is -1.31. The van der Waals surface area contributed by atoms with E-state index in [1.807, 2.05) is 37.3 Å². The summed E-state index contributed by atoms with van der Waals surface area (Å²) in [6.45, 7) is 2.03. The van der Waals surface area contributed by atoms with Crippen molar-refractivity contribution in [1.82, 2.24) is 0 Å². The minimum atomic E-state index is 0.609. The number of nitrogens with zero attached hydrogens (tertiary/aromatic N) is 1. The number of halogens is 2.